The fourth-order valence-electron chi connectivity index (χ4n) is 2.02. The molecule has 0 aliphatic heterocycles. The van der Waals surface area contributed by atoms with Crippen molar-refractivity contribution in [3.05, 3.63) is 59.7 Å². The molecule has 0 atom stereocenters. The van der Waals surface area contributed by atoms with Gasteiger partial charge in [0.15, 0.2) is 5.13 Å². The monoisotopic (exact) mass is 310 g/mol. The van der Waals surface area contributed by atoms with E-state index in [1.807, 2.05) is 44.2 Å². The van der Waals surface area contributed by atoms with Crippen molar-refractivity contribution in [1.82, 2.24) is 15.0 Å². The summed E-state index contributed by atoms with van der Waals surface area (Å²) in [6.45, 7) is 3.75. The van der Waals surface area contributed by atoms with Crippen LogP contribution in [0.25, 0.3) is 10.6 Å². The molecule has 110 valence electrons. The van der Waals surface area contributed by atoms with E-state index in [9.17, 15) is 4.79 Å². The Morgan fingerprint density at radius 3 is 2.68 bits per heavy atom. The number of thiazole rings is 1. The van der Waals surface area contributed by atoms with Gasteiger partial charge in [-0.25, -0.2) is 9.97 Å². The fraction of sp³-hybridized carbons (Fsp3) is 0.125. The Labute approximate surface area is 132 Å². The summed E-state index contributed by atoms with van der Waals surface area (Å²) in [6.07, 6.45) is 1.74. The topological polar surface area (TPSA) is 67.8 Å². The van der Waals surface area contributed by atoms with Crippen LogP contribution in [-0.4, -0.2) is 20.9 Å². The number of carbonyl (C=O) groups is 1. The number of hydrogen-bond acceptors (Lipinski definition) is 5. The second-order valence-corrected chi connectivity index (χ2v) is 5.77. The number of nitrogens with zero attached hydrogens (tertiary/aromatic N) is 3. The van der Waals surface area contributed by atoms with Crippen LogP contribution < -0.4 is 5.32 Å². The van der Waals surface area contributed by atoms with Crippen LogP contribution in [0.3, 0.4) is 0 Å². The summed E-state index contributed by atoms with van der Waals surface area (Å²) in [4.78, 5) is 26.1. The number of anilines is 1. The first kappa shape index (κ1) is 14.3. The lowest BCUT2D eigenvalue weighted by Gasteiger charge is -2.01. The number of rotatable bonds is 3. The van der Waals surface area contributed by atoms with E-state index in [0.29, 0.717) is 10.8 Å². The highest BCUT2D eigenvalue weighted by molar-refractivity contribution is 7.19. The Morgan fingerprint density at radius 1 is 1.09 bits per heavy atom. The molecule has 6 heteroatoms. The lowest BCUT2D eigenvalue weighted by atomic mass is 10.3. The molecule has 0 fully saturated rings. The van der Waals surface area contributed by atoms with Crippen molar-refractivity contribution in [1.29, 1.82) is 0 Å². The van der Waals surface area contributed by atoms with Crippen molar-refractivity contribution in [3.63, 3.8) is 0 Å². The Bertz CT molecular complexity index is 814. The molecule has 1 N–H and O–H groups in total. The molecular formula is C16H14N4OS. The Balaban J connectivity index is 1.84. The number of pyridine rings is 2. The first-order chi connectivity index (χ1) is 10.6. The highest BCUT2D eigenvalue weighted by atomic mass is 32.1. The standard InChI is InChI=1S/C16H14N4OS/c1-10-6-5-8-13(18-10)15(21)20-16-19-11(2)14(22-16)12-7-3-4-9-17-12/h3-9H,1-2H3,(H,19,20,21). The Hall–Kier alpha value is -2.60. The summed E-state index contributed by atoms with van der Waals surface area (Å²) in [5, 5.41) is 3.34. The molecule has 3 aromatic heterocycles. The molecule has 3 heterocycles. The van der Waals surface area contributed by atoms with Crippen molar-refractivity contribution in [2.24, 2.45) is 0 Å². The highest BCUT2D eigenvalue weighted by Gasteiger charge is 2.14. The molecule has 0 saturated heterocycles. The van der Waals surface area contributed by atoms with Gasteiger partial charge in [-0.3, -0.25) is 15.1 Å². The molecule has 0 aliphatic carbocycles. The van der Waals surface area contributed by atoms with E-state index in [0.717, 1.165) is 22.0 Å². The minimum Gasteiger partial charge on any atom is -0.296 e. The Kier molecular flexibility index (Phi) is 3.93. The molecule has 5 nitrogen and oxygen atoms in total. The Morgan fingerprint density at radius 2 is 1.95 bits per heavy atom. The van der Waals surface area contributed by atoms with Crippen LogP contribution in [0.4, 0.5) is 5.13 Å². The summed E-state index contributed by atoms with van der Waals surface area (Å²) < 4.78 is 0. The van der Waals surface area contributed by atoms with Crippen LogP contribution in [0.15, 0.2) is 42.6 Å². The van der Waals surface area contributed by atoms with E-state index in [-0.39, 0.29) is 5.91 Å². The van der Waals surface area contributed by atoms with Gasteiger partial charge in [0, 0.05) is 11.9 Å². The van der Waals surface area contributed by atoms with Gasteiger partial charge in [0.25, 0.3) is 5.91 Å². The summed E-state index contributed by atoms with van der Waals surface area (Å²) in [7, 11) is 0. The minimum atomic E-state index is -0.259. The number of hydrogen-bond donors (Lipinski definition) is 1. The molecule has 0 unspecified atom stereocenters. The van der Waals surface area contributed by atoms with Crippen molar-refractivity contribution in [2.75, 3.05) is 5.32 Å². The van der Waals surface area contributed by atoms with Crippen LogP contribution in [-0.2, 0) is 0 Å². The minimum absolute atomic E-state index is 0.259. The van der Waals surface area contributed by atoms with E-state index in [1.165, 1.54) is 11.3 Å². The second-order valence-electron chi connectivity index (χ2n) is 4.77. The molecule has 0 saturated carbocycles. The highest BCUT2D eigenvalue weighted by Crippen LogP contribution is 2.31. The maximum absolute atomic E-state index is 12.2. The molecule has 0 radical (unpaired) electrons. The first-order valence-corrected chi connectivity index (χ1v) is 7.59. The predicted molar refractivity (Wildman–Crippen MR) is 87.0 cm³/mol. The van der Waals surface area contributed by atoms with Crippen LogP contribution in [0.2, 0.25) is 0 Å². The summed E-state index contributed by atoms with van der Waals surface area (Å²) in [5.74, 6) is -0.259. The maximum Gasteiger partial charge on any atom is 0.276 e. The molecule has 0 spiro atoms. The van der Waals surface area contributed by atoms with Crippen LogP contribution in [0, 0.1) is 13.8 Å². The summed E-state index contributed by atoms with van der Waals surface area (Å²) >= 11 is 1.41. The van der Waals surface area contributed by atoms with Crippen molar-refractivity contribution in [3.8, 4) is 10.6 Å². The number of amides is 1. The zero-order valence-corrected chi connectivity index (χ0v) is 13.0. The van der Waals surface area contributed by atoms with Gasteiger partial charge in [-0.05, 0) is 38.1 Å². The largest absolute Gasteiger partial charge is 0.296 e. The molecule has 3 aromatic rings. The zero-order valence-electron chi connectivity index (χ0n) is 12.2. The molecule has 0 aliphatic rings. The smallest absolute Gasteiger partial charge is 0.276 e. The average Bonchev–Trinajstić information content (AvgIpc) is 2.88. The summed E-state index contributed by atoms with van der Waals surface area (Å²) in [6, 6.07) is 11.1. The quantitative estimate of drug-likeness (QED) is 0.804. The molecule has 22 heavy (non-hydrogen) atoms. The lowest BCUT2D eigenvalue weighted by molar-refractivity contribution is 0.102. The third kappa shape index (κ3) is 3.01. The SMILES string of the molecule is Cc1cccc(C(=O)Nc2nc(C)c(-c3ccccn3)s2)n1. The van der Waals surface area contributed by atoms with Crippen LogP contribution in [0.1, 0.15) is 21.9 Å². The number of nitrogens with one attached hydrogen (secondary N) is 1. The van der Waals surface area contributed by atoms with Crippen molar-refractivity contribution < 1.29 is 4.79 Å². The molecule has 0 bridgehead atoms. The molecule has 3 rings (SSSR count). The van der Waals surface area contributed by atoms with Gasteiger partial charge in [0.2, 0.25) is 0 Å². The van der Waals surface area contributed by atoms with Gasteiger partial charge in [0.1, 0.15) is 5.69 Å². The third-order valence-corrected chi connectivity index (χ3v) is 4.13. The predicted octanol–water partition coefficient (Wildman–Crippen LogP) is 3.47. The number of aryl methyl sites for hydroxylation is 2. The van der Waals surface area contributed by atoms with Crippen molar-refractivity contribution >= 4 is 22.4 Å². The molecular weight excluding hydrogens is 296 g/mol. The van der Waals surface area contributed by atoms with E-state index in [4.69, 9.17) is 0 Å². The van der Waals surface area contributed by atoms with Gasteiger partial charge in [-0.2, -0.15) is 0 Å². The van der Waals surface area contributed by atoms with Gasteiger partial charge in [0.05, 0.1) is 16.3 Å². The lowest BCUT2D eigenvalue weighted by Crippen LogP contribution is -2.13. The van der Waals surface area contributed by atoms with Gasteiger partial charge >= 0.3 is 0 Å². The zero-order chi connectivity index (χ0) is 15.5. The van der Waals surface area contributed by atoms with Gasteiger partial charge < -0.3 is 0 Å². The average molecular weight is 310 g/mol. The third-order valence-electron chi connectivity index (χ3n) is 3.04. The van der Waals surface area contributed by atoms with Gasteiger partial charge in [-0.15, -0.1) is 0 Å². The second kappa shape index (κ2) is 6.03. The maximum atomic E-state index is 12.2. The number of carbonyl (C=O) groups excluding carboxylic acids is 1. The van der Waals surface area contributed by atoms with E-state index in [2.05, 4.69) is 20.3 Å². The van der Waals surface area contributed by atoms with Crippen LogP contribution >= 0.6 is 11.3 Å². The first-order valence-electron chi connectivity index (χ1n) is 6.77. The van der Waals surface area contributed by atoms with Gasteiger partial charge in [-0.1, -0.05) is 23.5 Å². The van der Waals surface area contributed by atoms with E-state index in [1.54, 1.807) is 12.3 Å². The van der Waals surface area contributed by atoms with E-state index >= 15 is 0 Å². The fourth-order valence-corrected chi connectivity index (χ4v) is 2.95. The van der Waals surface area contributed by atoms with E-state index < -0.39 is 0 Å². The van der Waals surface area contributed by atoms with Crippen molar-refractivity contribution in [2.45, 2.75) is 13.8 Å². The van der Waals surface area contributed by atoms with Crippen LogP contribution in [0.5, 0.6) is 0 Å². The molecule has 0 aromatic carbocycles. The molecule has 1 amide bonds. The summed E-state index contributed by atoms with van der Waals surface area (Å²) in [5.41, 5.74) is 2.88. The normalized spacial score (nSPS) is 10.5. The number of aromatic nitrogens is 3.